The smallest absolute Gasteiger partial charge is 0.262 e. The van der Waals surface area contributed by atoms with E-state index in [2.05, 4.69) is 10.6 Å². The third kappa shape index (κ3) is 3.21. The van der Waals surface area contributed by atoms with E-state index < -0.39 is 23.8 Å². The molecule has 1 aliphatic carbocycles. The monoisotopic (exact) mass is 370 g/mol. The molecule has 1 aromatic carbocycles. The van der Waals surface area contributed by atoms with Crippen LogP contribution in [0.4, 0.5) is 5.69 Å². The van der Waals surface area contributed by atoms with Crippen LogP contribution in [-0.2, 0) is 9.59 Å². The molecule has 2 aliphatic heterocycles. The highest BCUT2D eigenvalue weighted by Crippen LogP contribution is 2.30. The van der Waals surface area contributed by atoms with Gasteiger partial charge < -0.3 is 11.1 Å². The fourth-order valence-electron chi connectivity index (χ4n) is 4.16. The van der Waals surface area contributed by atoms with Crippen molar-refractivity contribution in [3.8, 4) is 0 Å². The molecule has 2 fully saturated rings. The maximum Gasteiger partial charge on any atom is 0.262 e. The Labute approximate surface area is 156 Å². The molecule has 1 aromatic rings. The molecule has 1 unspecified atom stereocenters. The van der Waals surface area contributed by atoms with Crippen LogP contribution in [0, 0.1) is 0 Å². The number of amides is 4. The molecule has 1 saturated carbocycles. The van der Waals surface area contributed by atoms with Crippen molar-refractivity contribution in [3.63, 3.8) is 0 Å². The lowest BCUT2D eigenvalue weighted by molar-refractivity contribution is -0.136. The first-order valence-corrected chi connectivity index (χ1v) is 9.32. The van der Waals surface area contributed by atoms with E-state index in [4.69, 9.17) is 5.73 Å². The number of anilines is 1. The molecule has 3 atom stereocenters. The Kier molecular flexibility index (Phi) is 4.43. The molecule has 142 valence electrons. The lowest BCUT2D eigenvalue weighted by Gasteiger charge is -2.28. The van der Waals surface area contributed by atoms with E-state index in [0.717, 1.165) is 36.3 Å². The van der Waals surface area contributed by atoms with Crippen molar-refractivity contribution < 1.29 is 19.2 Å². The number of rotatable bonds is 3. The Bertz CT molecular complexity index is 837. The maximum atomic E-state index is 12.8. The summed E-state index contributed by atoms with van der Waals surface area (Å²) in [5.74, 6) is -1.97. The minimum atomic E-state index is -0.942. The van der Waals surface area contributed by atoms with E-state index in [0.29, 0.717) is 0 Å². The molecule has 8 nitrogen and oxygen atoms in total. The second-order valence-corrected chi connectivity index (χ2v) is 7.48. The van der Waals surface area contributed by atoms with E-state index in [9.17, 15) is 19.2 Å². The molecule has 0 spiro atoms. The van der Waals surface area contributed by atoms with Crippen LogP contribution in [0.1, 0.15) is 59.2 Å². The fourth-order valence-corrected chi connectivity index (χ4v) is 4.16. The van der Waals surface area contributed by atoms with Crippen LogP contribution in [0.15, 0.2) is 18.2 Å². The Morgan fingerprint density at radius 3 is 2.56 bits per heavy atom. The van der Waals surface area contributed by atoms with Gasteiger partial charge in [-0.25, -0.2) is 0 Å². The molecular weight excluding hydrogens is 348 g/mol. The number of carbonyl (C=O) groups is 4. The van der Waals surface area contributed by atoms with E-state index in [1.165, 1.54) is 0 Å². The van der Waals surface area contributed by atoms with Crippen LogP contribution >= 0.6 is 0 Å². The number of carbonyl (C=O) groups excluding carboxylic acids is 4. The van der Waals surface area contributed by atoms with Gasteiger partial charge in [0.2, 0.25) is 11.8 Å². The molecule has 1 saturated heterocycles. The van der Waals surface area contributed by atoms with Gasteiger partial charge in [-0.1, -0.05) is 0 Å². The summed E-state index contributed by atoms with van der Waals surface area (Å²) in [6.45, 7) is 0. The Hall–Kier alpha value is -2.74. The molecular formula is C19H22N4O4. The normalized spacial score (nSPS) is 28.2. The summed E-state index contributed by atoms with van der Waals surface area (Å²) < 4.78 is 0. The zero-order valence-electron chi connectivity index (χ0n) is 14.9. The number of hydrogen-bond acceptors (Lipinski definition) is 6. The second-order valence-electron chi connectivity index (χ2n) is 7.48. The van der Waals surface area contributed by atoms with Gasteiger partial charge in [-0.3, -0.25) is 29.4 Å². The SMILES string of the molecule is N[C@@H]1CCC[C@H](Nc2ccc3c(c2)C(=O)N(C2CCC(=O)NC2=O)C3=O)C1. The van der Waals surface area contributed by atoms with Gasteiger partial charge in [-0.05, 0) is 50.3 Å². The minimum Gasteiger partial charge on any atom is -0.382 e. The Morgan fingerprint density at radius 1 is 1.04 bits per heavy atom. The second kappa shape index (κ2) is 6.77. The molecule has 4 N–H and O–H groups in total. The van der Waals surface area contributed by atoms with Crippen LogP contribution in [0.5, 0.6) is 0 Å². The first kappa shape index (κ1) is 17.7. The van der Waals surface area contributed by atoms with Gasteiger partial charge >= 0.3 is 0 Å². The average molecular weight is 370 g/mol. The largest absolute Gasteiger partial charge is 0.382 e. The standard InChI is InChI=1S/C19H22N4O4/c20-10-2-1-3-11(8-10)21-12-4-5-13-14(9-12)19(27)23(18(13)26)15-6-7-16(24)22-17(15)25/h4-5,9-11,15,21H,1-3,6-8,20H2,(H,22,24,25)/t10-,11+,15?/m1/s1. The Balaban J connectivity index is 1.54. The number of nitrogens with zero attached hydrogens (tertiary/aromatic N) is 1. The van der Waals surface area contributed by atoms with Gasteiger partial charge in [0, 0.05) is 24.2 Å². The summed E-state index contributed by atoms with van der Waals surface area (Å²) in [6.07, 6.45) is 4.23. The number of nitrogens with one attached hydrogen (secondary N) is 2. The highest BCUT2D eigenvalue weighted by Gasteiger charge is 2.44. The maximum absolute atomic E-state index is 12.8. The predicted molar refractivity (Wildman–Crippen MR) is 97.0 cm³/mol. The first-order chi connectivity index (χ1) is 12.9. The number of hydrogen-bond donors (Lipinski definition) is 3. The lowest BCUT2D eigenvalue weighted by Crippen LogP contribution is -2.54. The van der Waals surface area contributed by atoms with Gasteiger partial charge in [0.15, 0.2) is 0 Å². The van der Waals surface area contributed by atoms with E-state index in [1.807, 2.05) is 0 Å². The highest BCUT2D eigenvalue weighted by molar-refractivity contribution is 6.23. The van der Waals surface area contributed by atoms with Crippen LogP contribution in [0.25, 0.3) is 0 Å². The third-order valence-electron chi connectivity index (χ3n) is 5.53. The first-order valence-electron chi connectivity index (χ1n) is 9.32. The van der Waals surface area contributed by atoms with Crippen molar-refractivity contribution in [1.82, 2.24) is 10.2 Å². The molecule has 0 aromatic heterocycles. The van der Waals surface area contributed by atoms with Crippen molar-refractivity contribution in [1.29, 1.82) is 0 Å². The summed E-state index contributed by atoms with van der Waals surface area (Å²) >= 11 is 0. The summed E-state index contributed by atoms with van der Waals surface area (Å²) in [5, 5.41) is 5.59. The van der Waals surface area contributed by atoms with Crippen LogP contribution in [-0.4, -0.2) is 46.7 Å². The molecule has 3 aliphatic rings. The van der Waals surface area contributed by atoms with Crippen molar-refractivity contribution in [2.24, 2.45) is 5.73 Å². The van der Waals surface area contributed by atoms with Crippen LogP contribution < -0.4 is 16.4 Å². The quantitative estimate of drug-likeness (QED) is 0.676. The van der Waals surface area contributed by atoms with Crippen molar-refractivity contribution in [3.05, 3.63) is 29.3 Å². The van der Waals surface area contributed by atoms with Crippen LogP contribution in [0.2, 0.25) is 0 Å². The van der Waals surface area contributed by atoms with Crippen molar-refractivity contribution in [2.75, 3.05) is 5.32 Å². The minimum absolute atomic E-state index is 0.110. The molecule has 2 heterocycles. The number of imide groups is 2. The van der Waals surface area contributed by atoms with Crippen molar-refractivity contribution in [2.45, 2.75) is 56.7 Å². The van der Waals surface area contributed by atoms with Gasteiger partial charge in [0.25, 0.3) is 11.8 Å². The molecule has 27 heavy (non-hydrogen) atoms. The molecule has 0 bridgehead atoms. The third-order valence-corrected chi connectivity index (χ3v) is 5.53. The van der Waals surface area contributed by atoms with E-state index in [1.54, 1.807) is 18.2 Å². The lowest BCUT2D eigenvalue weighted by atomic mass is 9.91. The van der Waals surface area contributed by atoms with Gasteiger partial charge in [0.1, 0.15) is 6.04 Å². The summed E-state index contributed by atoms with van der Waals surface area (Å²) in [4.78, 5) is 49.9. The van der Waals surface area contributed by atoms with Gasteiger partial charge in [-0.2, -0.15) is 0 Å². The zero-order chi connectivity index (χ0) is 19.1. The summed E-state index contributed by atoms with van der Waals surface area (Å²) in [6, 6.07) is 4.54. The summed E-state index contributed by atoms with van der Waals surface area (Å²) in [5.41, 5.74) is 7.36. The van der Waals surface area contributed by atoms with E-state index in [-0.39, 0.29) is 42.0 Å². The molecule has 4 rings (SSSR count). The number of piperidine rings is 1. The van der Waals surface area contributed by atoms with Gasteiger partial charge in [0.05, 0.1) is 11.1 Å². The number of nitrogens with two attached hydrogens (primary N) is 1. The van der Waals surface area contributed by atoms with E-state index >= 15 is 0 Å². The fraction of sp³-hybridized carbons (Fsp3) is 0.474. The topological polar surface area (TPSA) is 122 Å². The summed E-state index contributed by atoms with van der Waals surface area (Å²) in [7, 11) is 0. The Morgan fingerprint density at radius 2 is 1.81 bits per heavy atom. The van der Waals surface area contributed by atoms with Gasteiger partial charge in [-0.15, -0.1) is 0 Å². The number of benzene rings is 1. The van der Waals surface area contributed by atoms with Crippen LogP contribution in [0.3, 0.4) is 0 Å². The average Bonchev–Trinajstić information content (AvgIpc) is 2.86. The predicted octanol–water partition coefficient (Wildman–Crippen LogP) is 0.770. The number of fused-ring (bicyclic) bond motifs is 1. The highest BCUT2D eigenvalue weighted by atomic mass is 16.2. The zero-order valence-corrected chi connectivity index (χ0v) is 14.9. The van der Waals surface area contributed by atoms with Crippen molar-refractivity contribution >= 4 is 29.3 Å². The molecule has 0 radical (unpaired) electrons. The molecule has 4 amide bonds. The molecule has 8 heteroatoms.